The van der Waals surface area contributed by atoms with E-state index in [1.165, 1.54) is 11.1 Å². The van der Waals surface area contributed by atoms with E-state index in [-0.39, 0.29) is 5.69 Å². The number of benzene rings is 3. The lowest BCUT2D eigenvalue weighted by Gasteiger charge is -2.13. The maximum absolute atomic E-state index is 13.9. The number of nitrogens with zero attached hydrogens (tertiary/aromatic N) is 5. The van der Waals surface area contributed by atoms with E-state index in [0.717, 1.165) is 65.7 Å². The number of unbranched alkanes of at least 4 members (excludes halogenated alkanes) is 1. The van der Waals surface area contributed by atoms with Crippen LogP contribution in [-0.4, -0.2) is 29.8 Å². The van der Waals surface area contributed by atoms with Crippen molar-refractivity contribution in [1.82, 2.24) is 29.8 Å². The van der Waals surface area contributed by atoms with E-state index in [9.17, 15) is 4.79 Å². The Hall–Kier alpha value is -4.26. The summed E-state index contributed by atoms with van der Waals surface area (Å²) in [6.07, 6.45) is 6.86. The monoisotopic (exact) mass is 506 g/mol. The molecule has 0 unspecified atom stereocenters. The van der Waals surface area contributed by atoms with E-state index in [1.54, 1.807) is 0 Å². The Morgan fingerprint density at radius 1 is 0.842 bits per heavy atom. The average molecular weight is 507 g/mol. The van der Waals surface area contributed by atoms with Crippen molar-refractivity contribution in [2.75, 3.05) is 0 Å². The summed E-state index contributed by atoms with van der Waals surface area (Å²) in [6.45, 7) is 7.02. The largest absolute Gasteiger partial charge is 0.333 e. The SMILES string of the molecule is CCCCc1cn(-c2c(CC)cccc2CC)c(=O)n1Cc1ccc(-c2ccccc2-c2nnn[nH]2)cc1. The topological polar surface area (TPSA) is 81.4 Å². The maximum atomic E-state index is 13.9. The van der Waals surface area contributed by atoms with Gasteiger partial charge in [0.15, 0.2) is 5.82 Å². The van der Waals surface area contributed by atoms with Gasteiger partial charge in [-0.05, 0) is 63.9 Å². The molecule has 0 atom stereocenters. The fourth-order valence-electron chi connectivity index (χ4n) is 5.13. The number of aromatic amines is 1. The predicted octanol–water partition coefficient (Wildman–Crippen LogP) is 6.00. The zero-order chi connectivity index (χ0) is 26.5. The highest BCUT2D eigenvalue weighted by atomic mass is 16.1. The lowest BCUT2D eigenvalue weighted by molar-refractivity contribution is 0.673. The van der Waals surface area contributed by atoms with Gasteiger partial charge in [0.1, 0.15) is 0 Å². The number of aromatic nitrogens is 6. The molecule has 194 valence electrons. The lowest BCUT2D eigenvalue weighted by atomic mass is 9.98. The van der Waals surface area contributed by atoms with Gasteiger partial charge in [-0.2, -0.15) is 0 Å². The van der Waals surface area contributed by atoms with Gasteiger partial charge in [-0.3, -0.25) is 9.13 Å². The van der Waals surface area contributed by atoms with Gasteiger partial charge in [0.05, 0.1) is 12.2 Å². The van der Waals surface area contributed by atoms with E-state index in [4.69, 9.17) is 0 Å². The molecule has 0 aliphatic heterocycles. The molecule has 0 saturated heterocycles. The van der Waals surface area contributed by atoms with E-state index in [0.29, 0.717) is 12.4 Å². The molecule has 0 fully saturated rings. The molecule has 7 heteroatoms. The smallest absolute Gasteiger partial charge is 0.292 e. The minimum atomic E-state index is 0.0268. The van der Waals surface area contributed by atoms with Crippen LogP contribution in [0.3, 0.4) is 0 Å². The van der Waals surface area contributed by atoms with Gasteiger partial charge in [-0.1, -0.05) is 93.9 Å². The molecular weight excluding hydrogens is 472 g/mol. The molecule has 38 heavy (non-hydrogen) atoms. The summed E-state index contributed by atoms with van der Waals surface area (Å²) in [7, 11) is 0. The Morgan fingerprint density at radius 2 is 1.55 bits per heavy atom. The summed E-state index contributed by atoms with van der Waals surface area (Å²) in [5.41, 5.74) is 8.72. The lowest BCUT2D eigenvalue weighted by Crippen LogP contribution is -2.26. The summed E-state index contributed by atoms with van der Waals surface area (Å²) in [5.74, 6) is 0.636. The first kappa shape index (κ1) is 25.4. The fourth-order valence-corrected chi connectivity index (χ4v) is 5.13. The van der Waals surface area contributed by atoms with Gasteiger partial charge < -0.3 is 0 Å². The molecule has 7 nitrogen and oxygen atoms in total. The van der Waals surface area contributed by atoms with Gasteiger partial charge in [0.2, 0.25) is 0 Å². The second-order valence-electron chi connectivity index (χ2n) is 9.59. The highest BCUT2D eigenvalue weighted by Crippen LogP contribution is 2.30. The van der Waals surface area contributed by atoms with Crippen LogP contribution in [0, 0.1) is 0 Å². The Balaban J connectivity index is 1.51. The van der Waals surface area contributed by atoms with Crippen molar-refractivity contribution in [3.63, 3.8) is 0 Å². The molecule has 0 bridgehead atoms. The van der Waals surface area contributed by atoms with E-state index in [2.05, 4.69) is 96.1 Å². The Morgan fingerprint density at radius 3 is 2.18 bits per heavy atom. The average Bonchev–Trinajstić information content (AvgIpc) is 3.61. The minimum absolute atomic E-state index is 0.0268. The van der Waals surface area contributed by atoms with Crippen molar-refractivity contribution in [2.45, 2.75) is 59.4 Å². The number of para-hydroxylation sites is 1. The second-order valence-corrected chi connectivity index (χ2v) is 9.59. The van der Waals surface area contributed by atoms with Crippen molar-refractivity contribution in [2.24, 2.45) is 0 Å². The van der Waals surface area contributed by atoms with Crippen LogP contribution in [0.4, 0.5) is 0 Å². The van der Waals surface area contributed by atoms with Crippen molar-refractivity contribution in [3.05, 3.63) is 106 Å². The Bertz CT molecular complexity index is 1540. The predicted molar refractivity (Wildman–Crippen MR) is 152 cm³/mol. The first-order valence-corrected chi connectivity index (χ1v) is 13.5. The van der Waals surface area contributed by atoms with Crippen molar-refractivity contribution < 1.29 is 0 Å². The number of hydrogen-bond donors (Lipinski definition) is 1. The molecule has 0 aliphatic rings. The number of imidazole rings is 1. The highest BCUT2D eigenvalue weighted by molar-refractivity contribution is 5.80. The number of H-pyrrole nitrogens is 1. The number of rotatable bonds is 10. The number of nitrogens with one attached hydrogen (secondary N) is 1. The maximum Gasteiger partial charge on any atom is 0.333 e. The second kappa shape index (κ2) is 11.4. The molecule has 5 aromatic rings. The summed E-state index contributed by atoms with van der Waals surface area (Å²) < 4.78 is 3.84. The van der Waals surface area contributed by atoms with Crippen LogP contribution >= 0.6 is 0 Å². The van der Waals surface area contributed by atoms with Crippen LogP contribution in [0.5, 0.6) is 0 Å². The summed E-state index contributed by atoms with van der Waals surface area (Å²) in [4.78, 5) is 13.9. The van der Waals surface area contributed by atoms with Crippen LogP contribution in [0.25, 0.3) is 28.2 Å². The first-order valence-electron chi connectivity index (χ1n) is 13.5. The third-order valence-corrected chi connectivity index (χ3v) is 7.19. The van der Waals surface area contributed by atoms with Crippen molar-refractivity contribution in [3.8, 4) is 28.2 Å². The van der Waals surface area contributed by atoms with E-state index in [1.807, 2.05) is 27.3 Å². The Kier molecular flexibility index (Phi) is 7.63. The highest BCUT2D eigenvalue weighted by Gasteiger charge is 2.17. The molecule has 3 aromatic carbocycles. The molecule has 0 amide bonds. The molecule has 1 N–H and O–H groups in total. The Labute approximate surface area is 223 Å². The van der Waals surface area contributed by atoms with Crippen LogP contribution in [-0.2, 0) is 25.8 Å². The zero-order valence-electron chi connectivity index (χ0n) is 22.3. The van der Waals surface area contributed by atoms with Crippen LogP contribution in [0.15, 0.2) is 77.7 Å². The molecule has 0 aliphatic carbocycles. The first-order chi connectivity index (χ1) is 18.6. The molecule has 2 heterocycles. The van der Waals surface area contributed by atoms with Gasteiger partial charge >= 0.3 is 5.69 Å². The third kappa shape index (κ3) is 4.96. The number of aryl methyl sites for hydroxylation is 3. The van der Waals surface area contributed by atoms with Crippen molar-refractivity contribution >= 4 is 0 Å². The molecule has 2 aromatic heterocycles. The summed E-state index contributed by atoms with van der Waals surface area (Å²) in [5, 5.41) is 14.4. The quantitative estimate of drug-likeness (QED) is 0.252. The fraction of sp³-hybridized carbons (Fsp3) is 0.290. The van der Waals surface area contributed by atoms with Crippen LogP contribution in [0.2, 0.25) is 0 Å². The van der Waals surface area contributed by atoms with Crippen LogP contribution in [0.1, 0.15) is 56.0 Å². The standard InChI is InChI=1S/C31H34N6O/c1-4-7-13-26-21-37(29-23(5-2)11-10-12-24(29)6-3)31(38)36(26)20-22-16-18-25(19-17-22)27-14-8-9-15-28(27)30-32-34-35-33-30/h8-12,14-19,21H,4-7,13,20H2,1-3H3,(H,32,33,34,35). The third-order valence-electron chi connectivity index (χ3n) is 7.19. The van der Waals surface area contributed by atoms with Gasteiger partial charge in [-0.25, -0.2) is 9.89 Å². The summed E-state index contributed by atoms with van der Waals surface area (Å²) >= 11 is 0. The van der Waals surface area contributed by atoms with Crippen LogP contribution < -0.4 is 5.69 Å². The van der Waals surface area contributed by atoms with Gasteiger partial charge in [-0.15, -0.1) is 5.10 Å². The molecular formula is C31H34N6O. The van der Waals surface area contributed by atoms with Gasteiger partial charge in [0.25, 0.3) is 0 Å². The molecule has 5 rings (SSSR count). The zero-order valence-corrected chi connectivity index (χ0v) is 22.3. The molecule has 0 saturated carbocycles. The number of tetrazole rings is 1. The van der Waals surface area contributed by atoms with Crippen molar-refractivity contribution in [1.29, 1.82) is 0 Å². The number of hydrogen-bond acceptors (Lipinski definition) is 4. The molecule has 0 spiro atoms. The summed E-state index contributed by atoms with van der Waals surface area (Å²) in [6, 6.07) is 22.8. The molecule has 0 radical (unpaired) electrons. The van der Waals surface area contributed by atoms with E-state index >= 15 is 0 Å². The van der Waals surface area contributed by atoms with Gasteiger partial charge in [0, 0.05) is 17.5 Å². The normalized spacial score (nSPS) is 11.2. The minimum Gasteiger partial charge on any atom is -0.292 e. The van der Waals surface area contributed by atoms with E-state index < -0.39 is 0 Å².